The summed E-state index contributed by atoms with van der Waals surface area (Å²) in [7, 11) is 0. The Morgan fingerprint density at radius 3 is 2.95 bits per heavy atom. The van der Waals surface area contributed by atoms with E-state index < -0.39 is 0 Å². The maximum Gasteiger partial charge on any atom is 0.0758 e. The van der Waals surface area contributed by atoms with E-state index >= 15 is 0 Å². The third-order valence-corrected chi connectivity index (χ3v) is 3.68. The number of ether oxygens (including phenoxy) is 1. The van der Waals surface area contributed by atoms with Crippen LogP contribution in [-0.4, -0.2) is 24.7 Å². The van der Waals surface area contributed by atoms with Crippen LogP contribution in [0.2, 0.25) is 0 Å². The van der Waals surface area contributed by atoms with E-state index in [0.717, 1.165) is 41.7 Å². The van der Waals surface area contributed by atoms with Gasteiger partial charge < -0.3 is 10.1 Å². The van der Waals surface area contributed by atoms with Crippen molar-refractivity contribution in [3.8, 4) is 0 Å². The van der Waals surface area contributed by atoms with Gasteiger partial charge in [-0.3, -0.25) is 4.98 Å². The summed E-state index contributed by atoms with van der Waals surface area (Å²) in [6, 6.07) is 8.24. The van der Waals surface area contributed by atoms with Gasteiger partial charge in [-0.2, -0.15) is 0 Å². The molecular formula is C16H21BrN2O. The highest BCUT2D eigenvalue weighted by Gasteiger charge is 2.04. The first-order valence-corrected chi connectivity index (χ1v) is 7.78. The Morgan fingerprint density at radius 2 is 2.15 bits per heavy atom. The Kier molecular flexibility index (Phi) is 5.95. The average molecular weight is 337 g/mol. The lowest BCUT2D eigenvalue weighted by atomic mass is 10.1. The lowest BCUT2D eigenvalue weighted by molar-refractivity contribution is 0.111. The lowest BCUT2D eigenvalue weighted by Crippen LogP contribution is -2.20. The highest BCUT2D eigenvalue weighted by molar-refractivity contribution is 9.10. The SMILES string of the molecule is CC(C)COCCNCc1ccc(Br)c2cccnc12. The standard InChI is InChI=1S/C16H21BrN2O/c1-12(2)11-20-9-8-18-10-13-5-6-15(17)14-4-3-7-19-16(13)14/h3-7,12,18H,8-11H2,1-2H3. The van der Waals surface area contributed by atoms with Crippen molar-refractivity contribution in [3.63, 3.8) is 0 Å². The van der Waals surface area contributed by atoms with Gasteiger partial charge in [-0.05, 0) is 23.6 Å². The van der Waals surface area contributed by atoms with Gasteiger partial charge in [0.15, 0.2) is 0 Å². The minimum absolute atomic E-state index is 0.592. The van der Waals surface area contributed by atoms with E-state index in [0.29, 0.717) is 5.92 Å². The van der Waals surface area contributed by atoms with E-state index in [4.69, 9.17) is 4.74 Å². The first-order chi connectivity index (χ1) is 9.68. The molecule has 4 heteroatoms. The molecule has 0 fully saturated rings. The highest BCUT2D eigenvalue weighted by atomic mass is 79.9. The van der Waals surface area contributed by atoms with Crippen LogP contribution < -0.4 is 5.32 Å². The summed E-state index contributed by atoms with van der Waals surface area (Å²) in [5.41, 5.74) is 2.27. The Labute approximate surface area is 128 Å². The van der Waals surface area contributed by atoms with Gasteiger partial charge in [-0.15, -0.1) is 0 Å². The van der Waals surface area contributed by atoms with Crippen molar-refractivity contribution < 1.29 is 4.74 Å². The summed E-state index contributed by atoms with van der Waals surface area (Å²) >= 11 is 3.57. The van der Waals surface area contributed by atoms with Crippen molar-refractivity contribution in [2.24, 2.45) is 5.92 Å². The molecule has 0 bridgehead atoms. The largest absolute Gasteiger partial charge is 0.380 e. The number of nitrogens with zero attached hydrogens (tertiary/aromatic N) is 1. The number of halogens is 1. The first-order valence-electron chi connectivity index (χ1n) is 6.99. The van der Waals surface area contributed by atoms with Crippen LogP contribution in [0.5, 0.6) is 0 Å². The lowest BCUT2D eigenvalue weighted by Gasteiger charge is -2.10. The highest BCUT2D eigenvalue weighted by Crippen LogP contribution is 2.24. The Bertz CT molecular complexity index is 557. The van der Waals surface area contributed by atoms with Crippen LogP contribution in [-0.2, 0) is 11.3 Å². The molecule has 0 aliphatic carbocycles. The molecule has 0 aliphatic rings. The predicted octanol–water partition coefficient (Wildman–Crippen LogP) is 3.76. The molecule has 0 atom stereocenters. The van der Waals surface area contributed by atoms with Crippen LogP contribution in [0.15, 0.2) is 34.9 Å². The fraction of sp³-hybridized carbons (Fsp3) is 0.438. The number of hydrogen-bond donors (Lipinski definition) is 1. The fourth-order valence-electron chi connectivity index (χ4n) is 2.03. The van der Waals surface area contributed by atoms with Crippen LogP contribution in [0.3, 0.4) is 0 Å². The molecule has 2 aromatic rings. The normalized spacial score (nSPS) is 11.4. The number of rotatable bonds is 7. The Morgan fingerprint density at radius 1 is 1.30 bits per heavy atom. The van der Waals surface area contributed by atoms with Gasteiger partial charge in [0.2, 0.25) is 0 Å². The number of pyridine rings is 1. The van der Waals surface area contributed by atoms with Gasteiger partial charge in [0.25, 0.3) is 0 Å². The van der Waals surface area contributed by atoms with Crippen LogP contribution in [0.1, 0.15) is 19.4 Å². The molecule has 0 radical (unpaired) electrons. The summed E-state index contributed by atoms with van der Waals surface area (Å²) in [6.45, 7) is 7.56. The van der Waals surface area contributed by atoms with Crippen LogP contribution in [0, 0.1) is 5.92 Å². The smallest absolute Gasteiger partial charge is 0.0758 e. The minimum atomic E-state index is 0.592. The molecule has 108 valence electrons. The van der Waals surface area contributed by atoms with Crippen molar-refractivity contribution in [2.75, 3.05) is 19.8 Å². The molecular weight excluding hydrogens is 316 g/mol. The van der Waals surface area contributed by atoms with E-state index in [-0.39, 0.29) is 0 Å². The summed E-state index contributed by atoms with van der Waals surface area (Å²) in [5, 5.41) is 4.56. The van der Waals surface area contributed by atoms with Gasteiger partial charge in [-0.1, -0.05) is 41.9 Å². The van der Waals surface area contributed by atoms with Gasteiger partial charge in [-0.25, -0.2) is 0 Å². The van der Waals surface area contributed by atoms with E-state index in [1.54, 1.807) is 0 Å². The molecule has 0 amide bonds. The molecule has 0 saturated carbocycles. The Balaban J connectivity index is 1.89. The monoisotopic (exact) mass is 336 g/mol. The molecule has 0 spiro atoms. The van der Waals surface area contributed by atoms with Crippen LogP contribution >= 0.6 is 15.9 Å². The van der Waals surface area contributed by atoms with Gasteiger partial charge >= 0.3 is 0 Å². The molecule has 0 unspecified atom stereocenters. The maximum absolute atomic E-state index is 5.55. The van der Waals surface area contributed by atoms with Crippen molar-refractivity contribution in [1.82, 2.24) is 10.3 Å². The molecule has 2 rings (SSSR count). The average Bonchev–Trinajstić information content (AvgIpc) is 2.45. The summed E-state index contributed by atoms with van der Waals surface area (Å²) in [5.74, 6) is 0.592. The number of benzene rings is 1. The molecule has 1 aromatic heterocycles. The van der Waals surface area contributed by atoms with Crippen LogP contribution in [0.25, 0.3) is 10.9 Å². The quantitative estimate of drug-likeness (QED) is 0.781. The number of aromatic nitrogens is 1. The maximum atomic E-state index is 5.55. The van der Waals surface area contributed by atoms with Gasteiger partial charge in [0.05, 0.1) is 12.1 Å². The second-order valence-corrected chi connectivity index (χ2v) is 6.11. The zero-order valence-corrected chi connectivity index (χ0v) is 13.6. The van der Waals surface area contributed by atoms with E-state index in [1.165, 1.54) is 5.56 Å². The van der Waals surface area contributed by atoms with Gasteiger partial charge in [0, 0.05) is 35.8 Å². The number of hydrogen-bond acceptors (Lipinski definition) is 3. The fourth-order valence-corrected chi connectivity index (χ4v) is 2.48. The van der Waals surface area contributed by atoms with Crippen molar-refractivity contribution in [1.29, 1.82) is 0 Å². The first kappa shape index (κ1) is 15.4. The molecule has 20 heavy (non-hydrogen) atoms. The van der Waals surface area contributed by atoms with Crippen molar-refractivity contribution >= 4 is 26.8 Å². The molecule has 1 N–H and O–H groups in total. The van der Waals surface area contributed by atoms with Crippen molar-refractivity contribution in [3.05, 3.63) is 40.5 Å². The third kappa shape index (κ3) is 4.27. The van der Waals surface area contributed by atoms with E-state index in [9.17, 15) is 0 Å². The Hall–Kier alpha value is -0.970. The van der Waals surface area contributed by atoms with Crippen LogP contribution in [0.4, 0.5) is 0 Å². The molecule has 0 aliphatic heterocycles. The minimum Gasteiger partial charge on any atom is -0.380 e. The topological polar surface area (TPSA) is 34.1 Å². The predicted molar refractivity (Wildman–Crippen MR) is 86.8 cm³/mol. The van der Waals surface area contributed by atoms with Crippen molar-refractivity contribution in [2.45, 2.75) is 20.4 Å². The second kappa shape index (κ2) is 7.72. The summed E-state index contributed by atoms with van der Waals surface area (Å²) < 4.78 is 6.64. The zero-order chi connectivity index (χ0) is 14.4. The molecule has 1 aromatic carbocycles. The van der Waals surface area contributed by atoms with E-state index in [2.05, 4.69) is 58.3 Å². The zero-order valence-electron chi connectivity index (χ0n) is 12.0. The molecule has 0 saturated heterocycles. The molecule has 3 nitrogen and oxygen atoms in total. The number of nitrogens with one attached hydrogen (secondary N) is 1. The third-order valence-electron chi connectivity index (χ3n) is 2.99. The second-order valence-electron chi connectivity index (χ2n) is 5.25. The summed E-state index contributed by atoms with van der Waals surface area (Å²) in [6.07, 6.45) is 1.84. The summed E-state index contributed by atoms with van der Waals surface area (Å²) in [4.78, 5) is 4.48. The van der Waals surface area contributed by atoms with E-state index in [1.807, 2.05) is 12.3 Å². The number of fused-ring (bicyclic) bond motifs is 1. The molecule has 1 heterocycles. The van der Waals surface area contributed by atoms with Gasteiger partial charge in [0.1, 0.15) is 0 Å².